The molecular formula is C19H24ClNO4. The fraction of sp³-hybridized carbons (Fsp3) is 0.368. The molecule has 0 heterocycles. The van der Waals surface area contributed by atoms with Gasteiger partial charge in [-0.2, -0.15) is 0 Å². The van der Waals surface area contributed by atoms with Crippen molar-refractivity contribution in [2.45, 2.75) is 19.6 Å². The summed E-state index contributed by atoms with van der Waals surface area (Å²) in [4.78, 5) is 0. The molecule has 2 rings (SSSR count). The smallest absolute Gasteiger partial charge is 0.162 e. The van der Waals surface area contributed by atoms with Crippen LogP contribution in [0.1, 0.15) is 12.5 Å². The summed E-state index contributed by atoms with van der Waals surface area (Å²) in [7, 11) is 4.83. The Morgan fingerprint density at radius 1 is 0.920 bits per heavy atom. The molecule has 0 radical (unpaired) electrons. The summed E-state index contributed by atoms with van der Waals surface area (Å²) in [5.74, 6) is 2.89. The van der Waals surface area contributed by atoms with Crippen LogP contribution in [0, 0.1) is 0 Å². The van der Waals surface area contributed by atoms with Crippen LogP contribution in [-0.2, 0) is 6.54 Å². The highest BCUT2D eigenvalue weighted by atomic mass is 35.5. The second-order valence-corrected chi connectivity index (χ2v) is 5.94. The molecule has 6 heteroatoms. The molecule has 25 heavy (non-hydrogen) atoms. The summed E-state index contributed by atoms with van der Waals surface area (Å²) in [5.41, 5.74) is 0.941. The minimum Gasteiger partial charge on any atom is -0.497 e. The number of halogens is 1. The lowest BCUT2D eigenvalue weighted by atomic mass is 10.2. The minimum atomic E-state index is 0.00677. The molecule has 0 fully saturated rings. The maximum atomic E-state index is 6.29. The van der Waals surface area contributed by atoms with Crippen LogP contribution < -0.4 is 24.3 Å². The summed E-state index contributed by atoms with van der Waals surface area (Å²) < 4.78 is 21.6. The number of ether oxygens (including phenoxy) is 4. The topological polar surface area (TPSA) is 49.0 Å². The van der Waals surface area contributed by atoms with Gasteiger partial charge in [0.05, 0.1) is 21.3 Å². The number of benzene rings is 2. The van der Waals surface area contributed by atoms with E-state index in [2.05, 4.69) is 5.32 Å². The van der Waals surface area contributed by atoms with Crippen LogP contribution in [0.2, 0.25) is 5.02 Å². The first-order valence-electron chi connectivity index (χ1n) is 7.99. The van der Waals surface area contributed by atoms with E-state index in [1.165, 1.54) is 0 Å². The van der Waals surface area contributed by atoms with Gasteiger partial charge >= 0.3 is 0 Å². The van der Waals surface area contributed by atoms with E-state index in [1.54, 1.807) is 27.4 Å². The monoisotopic (exact) mass is 365 g/mol. The number of nitrogens with one attached hydrogen (secondary N) is 1. The quantitative estimate of drug-likeness (QED) is 0.729. The average Bonchev–Trinajstić information content (AvgIpc) is 2.63. The SMILES string of the molecule is COc1ccc(OC(C)CNCc2cc(OC)c(OC)cc2Cl)cc1. The zero-order chi connectivity index (χ0) is 18.2. The third-order valence-corrected chi connectivity index (χ3v) is 4.05. The minimum absolute atomic E-state index is 0.00677. The van der Waals surface area contributed by atoms with E-state index in [0.29, 0.717) is 29.6 Å². The van der Waals surface area contributed by atoms with Crippen molar-refractivity contribution in [3.05, 3.63) is 47.0 Å². The van der Waals surface area contributed by atoms with Crippen molar-refractivity contribution in [3.8, 4) is 23.0 Å². The summed E-state index contributed by atoms with van der Waals surface area (Å²) >= 11 is 6.29. The van der Waals surface area contributed by atoms with Crippen molar-refractivity contribution in [1.82, 2.24) is 5.32 Å². The van der Waals surface area contributed by atoms with Gasteiger partial charge in [0.2, 0.25) is 0 Å². The summed E-state index contributed by atoms with van der Waals surface area (Å²) in [6.45, 7) is 3.29. The second-order valence-electron chi connectivity index (χ2n) is 5.53. The first-order valence-corrected chi connectivity index (χ1v) is 8.37. The van der Waals surface area contributed by atoms with Crippen LogP contribution in [0.15, 0.2) is 36.4 Å². The molecule has 5 nitrogen and oxygen atoms in total. The lowest BCUT2D eigenvalue weighted by Crippen LogP contribution is -2.28. The highest BCUT2D eigenvalue weighted by molar-refractivity contribution is 6.31. The molecule has 0 amide bonds. The Kier molecular flexibility index (Phi) is 7.22. The van der Waals surface area contributed by atoms with Gasteiger partial charge in [0, 0.05) is 24.2 Å². The third-order valence-electron chi connectivity index (χ3n) is 3.70. The maximum Gasteiger partial charge on any atom is 0.162 e. The first-order chi connectivity index (χ1) is 12.1. The molecule has 1 unspecified atom stereocenters. The van der Waals surface area contributed by atoms with Gasteiger partial charge in [-0.15, -0.1) is 0 Å². The fourth-order valence-corrected chi connectivity index (χ4v) is 2.59. The van der Waals surface area contributed by atoms with Gasteiger partial charge in [-0.1, -0.05) is 11.6 Å². The molecule has 1 N–H and O–H groups in total. The van der Waals surface area contributed by atoms with Crippen LogP contribution in [0.5, 0.6) is 23.0 Å². The van der Waals surface area contributed by atoms with Crippen LogP contribution in [0.4, 0.5) is 0 Å². The van der Waals surface area contributed by atoms with Gasteiger partial charge < -0.3 is 24.3 Å². The molecule has 0 saturated carbocycles. The van der Waals surface area contributed by atoms with E-state index < -0.39 is 0 Å². The Morgan fingerprint density at radius 3 is 2.12 bits per heavy atom. The molecule has 2 aromatic rings. The van der Waals surface area contributed by atoms with Crippen LogP contribution in [0.3, 0.4) is 0 Å². The van der Waals surface area contributed by atoms with E-state index in [0.717, 1.165) is 17.1 Å². The molecule has 0 aliphatic rings. The van der Waals surface area contributed by atoms with Crippen molar-refractivity contribution in [1.29, 1.82) is 0 Å². The van der Waals surface area contributed by atoms with Crippen molar-refractivity contribution in [3.63, 3.8) is 0 Å². The normalized spacial score (nSPS) is 11.7. The average molecular weight is 366 g/mol. The molecular weight excluding hydrogens is 342 g/mol. The van der Waals surface area contributed by atoms with Gasteiger partial charge in [-0.3, -0.25) is 0 Å². The molecule has 0 aromatic heterocycles. The first kappa shape index (κ1) is 19.2. The molecule has 2 aromatic carbocycles. The predicted molar refractivity (Wildman–Crippen MR) is 99.3 cm³/mol. The zero-order valence-electron chi connectivity index (χ0n) is 15.0. The summed E-state index contributed by atoms with van der Waals surface area (Å²) in [5, 5.41) is 3.98. The number of hydrogen-bond donors (Lipinski definition) is 1. The van der Waals surface area contributed by atoms with Gasteiger partial charge in [0.1, 0.15) is 17.6 Å². The van der Waals surface area contributed by atoms with Gasteiger partial charge in [0.15, 0.2) is 11.5 Å². The summed E-state index contributed by atoms with van der Waals surface area (Å²) in [6, 6.07) is 11.2. The highest BCUT2D eigenvalue weighted by Gasteiger charge is 2.10. The van der Waals surface area contributed by atoms with E-state index in [9.17, 15) is 0 Å². The number of hydrogen-bond acceptors (Lipinski definition) is 5. The van der Waals surface area contributed by atoms with Crippen LogP contribution >= 0.6 is 11.6 Å². The van der Waals surface area contributed by atoms with Gasteiger partial charge in [-0.05, 0) is 42.8 Å². The van der Waals surface area contributed by atoms with Crippen LogP contribution in [0.25, 0.3) is 0 Å². The Bertz CT molecular complexity index is 676. The third kappa shape index (κ3) is 5.44. The van der Waals surface area contributed by atoms with Crippen molar-refractivity contribution in [2.75, 3.05) is 27.9 Å². The molecule has 0 aliphatic carbocycles. The van der Waals surface area contributed by atoms with Gasteiger partial charge in [-0.25, -0.2) is 0 Å². The molecule has 0 bridgehead atoms. The molecule has 0 saturated heterocycles. The lowest BCUT2D eigenvalue weighted by molar-refractivity contribution is 0.216. The van der Waals surface area contributed by atoms with E-state index in [1.807, 2.05) is 37.3 Å². The highest BCUT2D eigenvalue weighted by Crippen LogP contribution is 2.33. The molecule has 1 atom stereocenters. The Balaban J connectivity index is 1.87. The summed E-state index contributed by atoms with van der Waals surface area (Å²) in [6.07, 6.45) is 0.00677. The van der Waals surface area contributed by atoms with Crippen molar-refractivity contribution >= 4 is 11.6 Å². The zero-order valence-corrected chi connectivity index (χ0v) is 15.7. The van der Waals surface area contributed by atoms with Crippen LogP contribution in [-0.4, -0.2) is 34.0 Å². The van der Waals surface area contributed by atoms with Crippen molar-refractivity contribution in [2.24, 2.45) is 0 Å². The Hall–Kier alpha value is -2.11. The molecule has 0 aliphatic heterocycles. The Labute approximate surface area is 153 Å². The Morgan fingerprint density at radius 2 is 1.52 bits per heavy atom. The van der Waals surface area contributed by atoms with E-state index in [4.69, 9.17) is 30.5 Å². The number of rotatable bonds is 9. The fourth-order valence-electron chi connectivity index (χ4n) is 2.37. The molecule has 0 spiro atoms. The standard InChI is InChI=1S/C19H24ClNO4/c1-13(25-16-7-5-15(22-2)6-8-16)11-21-12-14-9-18(23-3)19(24-4)10-17(14)20/h5-10,13,21H,11-12H2,1-4H3. The predicted octanol–water partition coefficient (Wildman–Crippen LogP) is 3.92. The van der Waals surface area contributed by atoms with E-state index >= 15 is 0 Å². The maximum absolute atomic E-state index is 6.29. The largest absolute Gasteiger partial charge is 0.497 e. The number of methoxy groups -OCH3 is 3. The van der Waals surface area contributed by atoms with Gasteiger partial charge in [0.25, 0.3) is 0 Å². The van der Waals surface area contributed by atoms with E-state index in [-0.39, 0.29) is 6.10 Å². The van der Waals surface area contributed by atoms with Crippen molar-refractivity contribution < 1.29 is 18.9 Å². The molecule has 136 valence electrons. The second kappa shape index (κ2) is 9.39. The lowest BCUT2D eigenvalue weighted by Gasteiger charge is -2.17.